The van der Waals surface area contributed by atoms with Crippen molar-refractivity contribution in [3.8, 4) is 5.75 Å². The Morgan fingerprint density at radius 3 is 1.84 bits per heavy atom. The first-order chi connectivity index (χ1) is 15.8. The molecule has 0 radical (unpaired) electrons. The van der Waals surface area contributed by atoms with Crippen LogP contribution in [0.5, 0.6) is 5.75 Å². The van der Waals surface area contributed by atoms with E-state index >= 15 is 0 Å². The minimum atomic E-state index is -0.411. The van der Waals surface area contributed by atoms with Crippen molar-refractivity contribution in [3.05, 3.63) is 131 Å². The van der Waals surface area contributed by atoms with E-state index in [2.05, 4.69) is 17.4 Å². The second-order valence-electron chi connectivity index (χ2n) is 7.39. The maximum atomic E-state index is 12.8. The third-order valence-corrected chi connectivity index (χ3v) is 4.99. The summed E-state index contributed by atoms with van der Waals surface area (Å²) in [5.41, 5.74) is 4.41. The van der Waals surface area contributed by atoms with Crippen LogP contribution < -0.4 is 10.1 Å². The summed E-state index contributed by atoms with van der Waals surface area (Å²) in [6.07, 6.45) is 0. The zero-order valence-electron chi connectivity index (χ0n) is 17.7. The van der Waals surface area contributed by atoms with E-state index < -0.39 is 5.97 Å². The van der Waals surface area contributed by atoms with Gasteiger partial charge in [0.2, 0.25) is 0 Å². The molecule has 1 N–H and O–H groups in total. The Labute approximate surface area is 188 Å². The summed E-state index contributed by atoms with van der Waals surface area (Å²) in [5, 5.41) is 3.39. The van der Waals surface area contributed by atoms with Crippen molar-refractivity contribution in [2.24, 2.45) is 0 Å². The summed E-state index contributed by atoms with van der Waals surface area (Å²) in [7, 11) is 0. The van der Waals surface area contributed by atoms with Gasteiger partial charge in [0.05, 0.1) is 0 Å². The molecule has 0 saturated carbocycles. The van der Waals surface area contributed by atoms with Crippen molar-refractivity contribution < 1.29 is 14.3 Å². The first kappa shape index (κ1) is 21.2. The van der Waals surface area contributed by atoms with Crippen LogP contribution in [0.1, 0.15) is 27.0 Å². The van der Waals surface area contributed by atoms with Gasteiger partial charge in [-0.2, -0.15) is 0 Å². The van der Waals surface area contributed by atoms with Crippen molar-refractivity contribution in [2.45, 2.75) is 19.8 Å². The van der Waals surface area contributed by atoms with E-state index in [0.29, 0.717) is 24.5 Å². The number of esters is 1. The standard InChI is InChI=1S/C28H25NO3/c30-28(32-21-24-14-8-3-9-15-24)26-17-16-25(29-19-22-10-4-1-5-11-22)18-27(26)31-20-23-12-6-2-7-13-23/h1-18,29H,19-21H2. The minimum Gasteiger partial charge on any atom is -0.488 e. The van der Waals surface area contributed by atoms with Crippen LogP contribution in [-0.4, -0.2) is 5.97 Å². The van der Waals surface area contributed by atoms with Crippen LogP contribution in [0.4, 0.5) is 5.69 Å². The molecular formula is C28H25NO3. The lowest BCUT2D eigenvalue weighted by Gasteiger charge is -2.14. The Hall–Kier alpha value is -4.05. The molecule has 0 spiro atoms. The van der Waals surface area contributed by atoms with Gasteiger partial charge in [-0.05, 0) is 28.8 Å². The molecule has 0 aromatic heterocycles. The number of rotatable bonds is 9. The lowest BCUT2D eigenvalue weighted by Crippen LogP contribution is -2.09. The molecule has 0 saturated heterocycles. The Balaban J connectivity index is 1.49. The Morgan fingerprint density at radius 1 is 0.656 bits per heavy atom. The van der Waals surface area contributed by atoms with Gasteiger partial charge in [-0.25, -0.2) is 4.79 Å². The molecule has 0 heterocycles. The molecule has 4 aromatic carbocycles. The van der Waals surface area contributed by atoms with E-state index in [-0.39, 0.29) is 6.61 Å². The molecule has 0 fully saturated rings. The molecule has 0 atom stereocenters. The van der Waals surface area contributed by atoms with Gasteiger partial charge in [-0.15, -0.1) is 0 Å². The van der Waals surface area contributed by atoms with Crippen LogP contribution in [0.15, 0.2) is 109 Å². The molecular weight excluding hydrogens is 398 g/mol. The third kappa shape index (κ3) is 5.99. The number of carbonyl (C=O) groups excluding carboxylic acids is 1. The molecule has 4 aromatic rings. The second-order valence-corrected chi connectivity index (χ2v) is 7.39. The largest absolute Gasteiger partial charge is 0.488 e. The lowest BCUT2D eigenvalue weighted by atomic mass is 10.1. The summed E-state index contributed by atoms with van der Waals surface area (Å²) >= 11 is 0. The zero-order valence-corrected chi connectivity index (χ0v) is 17.7. The monoisotopic (exact) mass is 423 g/mol. The van der Waals surface area contributed by atoms with Crippen molar-refractivity contribution >= 4 is 11.7 Å². The predicted octanol–water partition coefficient (Wildman–Crippen LogP) is 6.23. The highest BCUT2D eigenvalue weighted by Gasteiger charge is 2.16. The molecule has 4 nitrogen and oxygen atoms in total. The minimum absolute atomic E-state index is 0.214. The molecule has 0 aliphatic heterocycles. The molecule has 32 heavy (non-hydrogen) atoms. The summed E-state index contributed by atoms with van der Waals surface area (Å²) in [5.74, 6) is 0.0801. The van der Waals surface area contributed by atoms with Crippen molar-refractivity contribution in [1.29, 1.82) is 0 Å². The molecule has 0 amide bonds. The van der Waals surface area contributed by atoms with E-state index in [1.807, 2.05) is 91.0 Å². The number of carbonyl (C=O) groups is 1. The maximum Gasteiger partial charge on any atom is 0.342 e. The van der Waals surface area contributed by atoms with Gasteiger partial charge >= 0.3 is 5.97 Å². The van der Waals surface area contributed by atoms with E-state index in [0.717, 1.165) is 16.8 Å². The normalized spacial score (nSPS) is 10.4. The first-order valence-electron chi connectivity index (χ1n) is 10.6. The van der Waals surface area contributed by atoms with Gasteiger partial charge in [-0.3, -0.25) is 0 Å². The fourth-order valence-electron chi connectivity index (χ4n) is 3.26. The van der Waals surface area contributed by atoms with Gasteiger partial charge in [0.15, 0.2) is 0 Å². The van der Waals surface area contributed by atoms with E-state index in [1.165, 1.54) is 5.56 Å². The molecule has 0 aliphatic carbocycles. The Morgan fingerprint density at radius 2 is 1.22 bits per heavy atom. The van der Waals surface area contributed by atoms with Crippen LogP contribution >= 0.6 is 0 Å². The number of hydrogen-bond donors (Lipinski definition) is 1. The first-order valence-corrected chi connectivity index (χ1v) is 10.6. The lowest BCUT2D eigenvalue weighted by molar-refractivity contribution is 0.0467. The van der Waals surface area contributed by atoms with Gasteiger partial charge in [0.25, 0.3) is 0 Å². The highest BCUT2D eigenvalue weighted by Crippen LogP contribution is 2.26. The SMILES string of the molecule is O=C(OCc1ccccc1)c1ccc(NCc2ccccc2)cc1OCc1ccccc1. The molecule has 4 rings (SSSR count). The number of ether oxygens (including phenoxy) is 2. The molecule has 0 unspecified atom stereocenters. The second kappa shape index (κ2) is 10.8. The smallest absolute Gasteiger partial charge is 0.342 e. The van der Waals surface area contributed by atoms with Gasteiger partial charge < -0.3 is 14.8 Å². The van der Waals surface area contributed by atoms with Crippen molar-refractivity contribution in [3.63, 3.8) is 0 Å². The Kier molecular flexibility index (Phi) is 7.17. The van der Waals surface area contributed by atoms with Crippen molar-refractivity contribution in [2.75, 3.05) is 5.32 Å². The summed E-state index contributed by atoms with van der Waals surface area (Å²) in [6.45, 7) is 1.25. The van der Waals surface area contributed by atoms with Crippen molar-refractivity contribution in [1.82, 2.24) is 0 Å². The number of hydrogen-bond acceptors (Lipinski definition) is 4. The fraction of sp³-hybridized carbons (Fsp3) is 0.107. The summed E-state index contributed by atoms with van der Waals surface area (Å²) in [4.78, 5) is 12.8. The summed E-state index contributed by atoms with van der Waals surface area (Å²) < 4.78 is 11.6. The maximum absolute atomic E-state index is 12.8. The highest BCUT2D eigenvalue weighted by atomic mass is 16.5. The molecule has 0 aliphatic rings. The average Bonchev–Trinajstić information content (AvgIpc) is 2.86. The Bertz CT molecular complexity index is 1130. The molecule has 4 heteroatoms. The predicted molar refractivity (Wildman–Crippen MR) is 127 cm³/mol. The van der Waals surface area contributed by atoms with Crippen LogP contribution in [0.3, 0.4) is 0 Å². The number of benzene rings is 4. The van der Waals surface area contributed by atoms with E-state index in [4.69, 9.17) is 9.47 Å². The fourth-order valence-corrected chi connectivity index (χ4v) is 3.26. The number of nitrogens with one attached hydrogen (secondary N) is 1. The molecule has 160 valence electrons. The quantitative estimate of drug-likeness (QED) is 0.324. The average molecular weight is 424 g/mol. The highest BCUT2D eigenvalue weighted by molar-refractivity contribution is 5.93. The van der Waals surface area contributed by atoms with E-state index in [9.17, 15) is 4.79 Å². The van der Waals surface area contributed by atoms with Crippen LogP contribution in [0.25, 0.3) is 0 Å². The number of anilines is 1. The summed E-state index contributed by atoms with van der Waals surface area (Å²) in [6, 6.07) is 35.1. The topological polar surface area (TPSA) is 47.6 Å². The van der Waals surface area contributed by atoms with Crippen LogP contribution in [0, 0.1) is 0 Å². The van der Waals surface area contributed by atoms with Gasteiger partial charge in [0, 0.05) is 18.3 Å². The van der Waals surface area contributed by atoms with Gasteiger partial charge in [0.1, 0.15) is 24.5 Å². The zero-order chi connectivity index (χ0) is 22.0. The van der Waals surface area contributed by atoms with Gasteiger partial charge in [-0.1, -0.05) is 91.0 Å². The van der Waals surface area contributed by atoms with E-state index in [1.54, 1.807) is 6.07 Å². The van der Waals surface area contributed by atoms with Crippen LogP contribution in [0.2, 0.25) is 0 Å². The third-order valence-electron chi connectivity index (χ3n) is 4.99. The molecule has 0 bridgehead atoms. The van der Waals surface area contributed by atoms with Crippen LogP contribution in [-0.2, 0) is 24.5 Å².